The number of rotatable bonds is 2. The minimum atomic E-state index is -0.207. The van der Waals surface area contributed by atoms with Crippen molar-refractivity contribution in [2.45, 2.75) is 85.7 Å². The average molecular weight is 357 g/mol. The summed E-state index contributed by atoms with van der Waals surface area (Å²) in [7, 11) is 0. The van der Waals surface area contributed by atoms with Crippen molar-refractivity contribution in [1.82, 2.24) is 0 Å². The van der Waals surface area contributed by atoms with E-state index in [4.69, 9.17) is 0 Å². The molecule has 1 fully saturated rings. The molecule has 0 aromatic heterocycles. The van der Waals surface area contributed by atoms with E-state index in [0.29, 0.717) is 17.3 Å². The second-order valence-corrected chi connectivity index (χ2v) is 10.7. The van der Waals surface area contributed by atoms with Crippen molar-refractivity contribution in [1.29, 1.82) is 0 Å². The van der Waals surface area contributed by atoms with Gasteiger partial charge in [-0.3, -0.25) is 0 Å². The molecule has 6 atom stereocenters. The lowest BCUT2D eigenvalue weighted by molar-refractivity contribution is -0.113. The Kier molecular flexibility index (Phi) is 4.12. The number of aldehydes is 1. The normalized spacial score (nSPS) is 45.3. The maximum absolute atomic E-state index is 11.5. The number of carbonyl (C=O) groups excluding carboxylic acids is 1. The van der Waals surface area contributed by atoms with Crippen LogP contribution in [0.4, 0.5) is 0 Å². The van der Waals surface area contributed by atoms with Gasteiger partial charge in [0.1, 0.15) is 6.29 Å². The third kappa shape index (κ3) is 2.23. The third-order valence-corrected chi connectivity index (χ3v) is 9.20. The van der Waals surface area contributed by atoms with Crippen LogP contribution in [0.3, 0.4) is 0 Å². The first kappa shape index (κ1) is 18.5. The summed E-state index contributed by atoms with van der Waals surface area (Å²) in [5, 5.41) is 11.1. The largest absolute Gasteiger partial charge is 0.392 e. The van der Waals surface area contributed by atoms with Gasteiger partial charge in [0, 0.05) is 11.3 Å². The molecular formula is C24H36O2. The van der Waals surface area contributed by atoms with Crippen LogP contribution < -0.4 is 0 Å². The molecule has 0 spiro atoms. The summed E-state index contributed by atoms with van der Waals surface area (Å²) in [6.07, 6.45) is 11.1. The standard InChI is InChI=1S/C24H36O2/c1-15(14-25)17-7-8-18-16-6-9-20-22(2,3)12-11-21(26)24(20,5)19(16)10-13-23(17,18)4/h8,14-15,17,20-21,26H,6-7,9-13H2,1-5H3/t15?,17-,20?,21?,23-,24-/m1/s1. The van der Waals surface area contributed by atoms with E-state index in [2.05, 4.69) is 40.7 Å². The van der Waals surface area contributed by atoms with E-state index in [1.807, 2.05) is 0 Å². The van der Waals surface area contributed by atoms with E-state index in [-0.39, 0.29) is 22.9 Å². The first-order valence-corrected chi connectivity index (χ1v) is 10.7. The second kappa shape index (κ2) is 5.80. The van der Waals surface area contributed by atoms with Gasteiger partial charge >= 0.3 is 0 Å². The van der Waals surface area contributed by atoms with Gasteiger partial charge in [-0.1, -0.05) is 46.3 Å². The monoisotopic (exact) mass is 356 g/mol. The van der Waals surface area contributed by atoms with Crippen LogP contribution in [0, 0.1) is 34.0 Å². The molecule has 0 aromatic rings. The molecule has 2 nitrogen and oxygen atoms in total. The summed E-state index contributed by atoms with van der Waals surface area (Å²) < 4.78 is 0. The van der Waals surface area contributed by atoms with Crippen molar-refractivity contribution >= 4 is 6.29 Å². The zero-order chi connectivity index (χ0) is 18.9. The minimum Gasteiger partial charge on any atom is -0.392 e. The Labute approximate surface area is 159 Å². The number of hydrogen-bond donors (Lipinski definition) is 1. The number of aliphatic hydroxyl groups is 1. The number of allylic oxidation sites excluding steroid dienone is 3. The lowest BCUT2D eigenvalue weighted by atomic mass is 9.46. The quantitative estimate of drug-likeness (QED) is 0.667. The number of aliphatic hydroxyl groups excluding tert-OH is 1. The molecule has 3 unspecified atom stereocenters. The Morgan fingerprint density at radius 3 is 2.58 bits per heavy atom. The van der Waals surface area contributed by atoms with Crippen LogP contribution >= 0.6 is 0 Å². The van der Waals surface area contributed by atoms with E-state index < -0.39 is 0 Å². The Bertz CT molecular complexity index is 684. The fraction of sp³-hybridized carbons (Fsp3) is 0.792. The molecular weight excluding hydrogens is 320 g/mol. The lowest BCUT2D eigenvalue weighted by Crippen LogP contribution is -2.54. The Morgan fingerprint density at radius 1 is 1.15 bits per heavy atom. The smallest absolute Gasteiger partial charge is 0.123 e. The molecule has 1 N–H and O–H groups in total. The molecule has 144 valence electrons. The maximum atomic E-state index is 11.5. The van der Waals surface area contributed by atoms with E-state index in [1.165, 1.54) is 12.0 Å². The van der Waals surface area contributed by atoms with E-state index >= 15 is 0 Å². The summed E-state index contributed by atoms with van der Waals surface area (Å²) in [6.45, 7) is 11.7. The second-order valence-electron chi connectivity index (χ2n) is 10.7. The van der Waals surface area contributed by atoms with Crippen molar-refractivity contribution in [3.63, 3.8) is 0 Å². The highest BCUT2D eigenvalue weighted by atomic mass is 16.3. The number of carbonyl (C=O) groups is 1. The molecule has 26 heavy (non-hydrogen) atoms. The number of fused-ring (bicyclic) bond motifs is 4. The summed E-state index contributed by atoms with van der Waals surface area (Å²) >= 11 is 0. The van der Waals surface area contributed by atoms with E-state index in [9.17, 15) is 9.90 Å². The highest BCUT2D eigenvalue weighted by Gasteiger charge is 2.58. The highest BCUT2D eigenvalue weighted by molar-refractivity contribution is 5.57. The first-order valence-electron chi connectivity index (χ1n) is 10.7. The summed E-state index contributed by atoms with van der Waals surface area (Å²) in [5.74, 6) is 1.15. The van der Waals surface area contributed by atoms with Crippen LogP contribution in [0.5, 0.6) is 0 Å². The van der Waals surface area contributed by atoms with Gasteiger partial charge in [-0.2, -0.15) is 0 Å². The molecule has 2 heteroatoms. The van der Waals surface area contributed by atoms with Gasteiger partial charge in [-0.05, 0) is 78.8 Å². The van der Waals surface area contributed by atoms with Gasteiger partial charge in [-0.15, -0.1) is 0 Å². The summed E-state index contributed by atoms with van der Waals surface area (Å²) in [4.78, 5) is 11.5. The molecule has 0 heterocycles. The predicted octanol–water partition coefficient (Wildman–Crippen LogP) is 5.46. The third-order valence-electron chi connectivity index (χ3n) is 9.20. The summed E-state index contributed by atoms with van der Waals surface area (Å²) in [5.41, 5.74) is 5.06. The molecule has 4 aliphatic rings. The zero-order valence-corrected chi connectivity index (χ0v) is 17.3. The van der Waals surface area contributed by atoms with Crippen molar-refractivity contribution in [2.75, 3.05) is 0 Å². The van der Waals surface area contributed by atoms with Crippen LogP contribution in [0.2, 0.25) is 0 Å². The SMILES string of the molecule is CC(C=O)[C@H]1CC=C2C3=C(CC[C@@]21C)[C@@]1(C)C(O)CCC(C)(C)C1CC3. The molecule has 0 bridgehead atoms. The van der Waals surface area contributed by atoms with Gasteiger partial charge in [0.2, 0.25) is 0 Å². The first-order chi connectivity index (χ1) is 12.2. The Morgan fingerprint density at radius 2 is 1.88 bits per heavy atom. The molecule has 0 aromatic carbocycles. The number of hydrogen-bond acceptors (Lipinski definition) is 2. The van der Waals surface area contributed by atoms with Gasteiger partial charge < -0.3 is 9.90 Å². The molecule has 0 saturated heterocycles. The van der Waals surface area contributed by atoms with Gasteiger partial charge in [0.25, 0.3) is 0 Å². The maximum Gasteiger partial charge on any atom is 0.123 e. The van der Waals surface area contributed by atoms with Crippen molar-refractivity contribution in [3.8, 4) is 0 Å². The molecule has 0 amide bonds. The Balaban J connectivity index is 1.78. The van der Waals surface area contributed by atoms with Gasteiger partial charge in [0.05, 0.1) is 6.10 Å². The van der Waals surface area contributed by atoms with Gasteiger partial charge in [0.15, 0.2) is 0 Å². The predicted molar refractivity (Wildman–Crippen MR) is 106 cm³/mol. The van der Waals surface area contributed by atoms with Crippen LogP contribution in [0.25, 0.3) is 0 Å². The fourth-order valence-corrected chi connectivity index (χ4v) is 7.61. The minimum absolute atomic E-state index is 0.0636. The zero-order valence-electron chi connectivity index (χ0n) is 17.3. The average Bonchev–Trinajstić information content (AvgIpc) is 2.95. The molecule has 4 rings (SSSR count). The summed E-state index contributed by atoms with van der Waals surface area (Å²) in [6, 6.07) is 0. The van der Waals surface area contributed by atoms with Crippen LogP contribution in [0.1, 0.15) is 79.6 Å². The topological polar surface area (TPSA) is 37.3 Å². The van der Waals surface area contributed by atoms with Crippen LogP contribution in [0.15, 0.2) is 22.8 Å². The molecule has 0 aliphatic heterocycles. The van der Waals surface area contributed by atoms with E-state index in [0.717, 1.165) is 44.8 Å². The Hall–Kier alpha value is -0.890. The van der Waals surface area contributed by atoms with Crippen molar-refractivity contribution < 1.29 is 9.90 Å². The van der Waals surface area contributed by atoms with Crippen LogP contribution in [-0.2, 0) is 4.79 Å². The van der Waals surface area contributed by atoms with Crippen LogP contribution in [-0.4, -0.2) is 17.5 Å². The molecule has 1 saturated carbocycles. The highest BCUT2D eigenvalue weighted by Crippen LogP contribution is 2.66. The molecule has 0 radical (unpaired) electrons. The van der Waals surface area contributed by atoms with Gasteiger partial charge in [-0.25, -0.2) is 0 Å². The van der Waals surface area contributed by atoms with Crippen molar-refractivity contribution in [2.24, 2.45) is 34.0 Å². The van der Waals surface area contributed by atoms with E-state index in [1.54, 1.807) is 11.1 Å². The molecule has 4 aliphatic carbocycles. The van der Waals surface area contributed by atoms with Crippen molar-refractivity contribution in [3.05, 3.63) is 22.8 Å². The fourth-order valence-electron chi connectivity index (χ4n) is 7.61. The lowest BCUT2D eigenvalue weighted by Gasteiger charge is -2.59.